The van der Waals surface area contributed by atoms with Crippen molar-refractivity contribution in [2.75, 3.05) is 34.5 Å². The first kappa shape index (κ1) is 55.6. The number of unbranched alkanes of at least 4 members (excludes halogenated alkanes) is 6. The van der Waals surface area contributed by atoms with E-state index in [4.69, 9.17) is 0 Å². The van der Waals surface area contributed by atoms with E-state index in [0.29, 0.717) is 0 Å². The zero-order valence-corrected chi connectivity index (χ0v) is 52.8. The molecule has 1 aromatic carbocycles. The first-order valence-electron chi connectivity index (χ1n) is 22.6. The Morgan fingerprint density at radius 1 is 0.273 bits per heavy atom. The summed E-state index contributed by atoms with van der Waals surface area (Å²) in [4.78, 5) is 0. The molecule has 0 fully saturated rings. The first-order chi connectivity index (χ1) is 32.4. The van der Waals surface area contributed by atoms with Gasteiger partial charge in [0.25, 0.3) is 0 Å². The highest BCUT2D eigenvalue weighted by molar-refractivity contribution is 8.47. The molecule has 3 aromatic heterocycles. The van der Waals surface area contributed by atoms with Gasteiger partial charge in [-0.1, -0.05) is 151 Å². The topological polar surface area (TPSA) is 0 Å². The number of hydrogen-bond donors (Lipinski definition) is 0. The van der Waals surface area contributed by atoms with Gasteiger partial charge in [0, 0.05) is 0 Å². The molecular weight excluding hydrogens is 1150 g/mol. The molecule has 0 aliphatic carbocycles. The fourth-order valence-corrected chi connectivity index (χ4v) is 31.7. The Morgan fingerprint density at radius 3 is 0.591 bits per heavy atom. The largest absolute Gasteiger partial charge is 0.117 e. The molecule has 3 aliphatic heterocycles. The summed E-state index contributed by atoms with van der Waals surface area (Å²) in [5.74, 6) is 7.09. The maximum absolute atomic E-state index is 3.72. The summed E-state index contributed by atoms with van der Waals surface area (Å²) in [5, 5.41) is 0. The van der Waals surface area contributed by atoms with Crippen molar-refractivity contribution in [3.8, 4) is 0 Å². The molecule has 7 rings (SSSR count). The number of hydrogen-bond acceptors (Lipinski definition) is 18. The predicted molar refractivity (Wildman–Crippen MR) is 339 cm³/mol. The van der Waals surface area contributed by atoms with E-state index in [9.17, 15) is 0 Å². The molecule has 0 radical (unpaired) electrons. The zero-order chi connectivity index (χ0) is 46.1. The van der Waals surface area contributed by atoms with E-state index in [-0.39, 0.29) is 0 Å². The second kappa shape index (κ2) is 30.3. The average Bonchev–Trinajstić information content (AvgIpc) is 4.19. The van der Waals surface area contributed by atoms with E-state index in [1.807, 2.05) is 139 Å². The Morgan fingerprint density at radius 2 is 0.439 bits per heavy atom. The van der Waals surface area contributed by atoms with E-state index in [2.05, 4.69) is 149 Å². The molecule has 0 amide bonds. The van der Waals surface area contributed by atoms with Crippen molar-refractivity contribution in [2.24, 2.45) is 0 Å². The standard InChI is InChI=1S/C48H54S18/c1-7-13-25-49-37-38(50-26-14-8-2)62-46(61-37)43-55-31-19-21-33-35(59-44(57-33)47-63-39(51-27-15-9-3)40(64-47)52-28-16-10-4)23-24-36-34(22-20-32(31)56-43)58-45(60-36)48-65-41(53-29-17-11-5)42(66-48)54-30-18-12-6/h7-18,25-30H2,1-6H3. The van der Waals surface area contributed by atoms with Gasteiger partial charge in [-0.25, -0.2) is 0 Å². The Balaban J connectivity index is 1.36. The van der Waals surface area contributed by atoms with Crippen molar-refractivity contribution in [2.45, 2.75) is 119 Å². The highest BCUT2D eigenvalue weighted by atomic mass is 32.3. The van der Waals surface area contributed by atoms with Crippen LogP contribution in [0, 0.1) is 36.4 Å². The minimum absolute atomic E-state index is 1.08. The van der Waals surface area contributed by atoms with Crippen molar-refractivity contribution in [1.29, 1.82) is 0 Å². The summed E-state index contributed by atoms with van der Waals surface area (Å²) >= 11 is 35.3. The van der Waals surface area contributed by atoms with Gasteiger partial charge in [-0.2, -0.15) is 0 Å². The Kier molecular flexibility index (Phi) is 25.5. The maximum atomic E-state index is 3.72. The quantitative estimate of drug-likeness (QED) is 0.0614. The predicted octanol–water partition coefficient (Wildman–Crippen LogP) is 21.1. The highest BCUT2D eigenvalue weighted by Crippen LogP contribution is 2.60. The van der Waals surface area contributed by atoms with Crippen LogP contribution in [0.1, 0.15) is 119 Å². The van der Waals surface area contributed by atoms with Crippen LogP contribution in [0.5, 0.6) is 0 Å². The molecule has 0 spiro atoms. The summed E-state index contributed by atoms with van der Waals surface area (Å²) in [5.41, 5.74) is 0. The third kappa shape index (κ3) is 16.2. The minimum Gasteiger partial charge on any atom is -0.117 e. The van der Waals surface area contributed by atoms with Gasteiger partial charge in [0.1, 0.15) is 39.7 Å². The van der Waals surface area contributed by atoms with Gasteiger partial charge in [-0.3, -0.25) is 0 Å². The van der Waals surface area contributed by atoms with Crippen molar-refractivity contribution >= 4 is 250 Å². The third-order valence-corrected chi connectivity index (χ3v) is 35.1. The van der Waals surface area contributed by atoms with Crippen molar-refractivity contribution in [1.82, 2.24) is 0 Å². The molecular formula is C48H54S18. The third-order valence-electron chi connectivity index (χ3n) is 9.15. The van der Waals surface area contributed by atoms with Crippen molar-refractivity contribution < 1.29 is 0 Å². The first-order valence-corrected chi connectivity index (χ1v) is 38.3. The maximum Gasteiger partial charge on any atom is 0.104 e. The van der Waals surface area contributed by atoms with Gasteiger partial charge < -0.3 is 0 Å². The molecule has 0 saturated carbocycles. The van der Waals surface area contributed by atoms with Gasteiger partial charge in [-0.05, 0) is 109 Å². The van der Waals surface area contributed by atoms with Gasteiger partial charge in [0.15, 0.2) is 0 Å². The summed E-state index contributed by atoms with van der Waals surface area (Å²) in [6.07, 6.45) is 14.9. The molecule has 0 unspecified atom stereocenters. The number of fused-ring (bicyclic) bond motifs is 3. The van der Waals surface area contributed by atoms with Crippen molar-refractivity contribution in [3.05, 3.63) is 73.4 Å². The lowest BCUT2D eigenvalue weighted by molar-refractivity contribution is 0.897. The van der Waals surface area contributed by atoms with Crippen molar-refractivity contribution in [3.63, 3.8) is 0 Å². The van der Waals surface area contributed by atoms with Crippen LogP contribution in [0.2, 0.25) is 0 Å². The molecule has 66 heavy (non-hydrogen) atoms. The molecule has 0 nitrogen and oxygen atoms in total. The molecule has 0 saturated heterocycles. The lowest BCUT2D eigenvalue weighted by Crippen LogP contribution is -1.86. The smallest absolute Gasteiger partial charge is 0.104 e. The summed E-state index contributed by atoms with van der Waals surface area (Å²) in [7, 11) is 0. The Labute approximate surface area is 470 Å². The van der Waals surface area contributed by atoms with Gasteiger partial charge in [-0.15, -0.1) is 139 Å². The fraction of sp³-hybridized carbons (Fsp3) is 0.500. The van der Waals surface area contributed by atoms with E-state index >= 15 is 0 Å². The second-order valence-electron chi connectivity index (χ2n) is 14.6. The summed E-state index contributed by atoms with van der Waals surface area (Å²) < 4.78 is 23.6. The monoisotopic (exact) mass is 1210 g/mol. The van der Waals surface area contributed by atoms with Crippen LogP contribution in [-0.4, -0.2) is 34.5 Å². The van der Waals surface area contributed by atoms with E-state index in [1.165, 1.54) is 161 Å². The van der Waals surface area contributed by atoms with Crippen LogP contribution in [0.15, 0.2) is 25.4 Å². The van der Waals surface area contributed by atoms with Crippen LogP contribution in [0.3, 0.4) is 0 Å². The number of thioether (sulfide) groups is 12. The van der Waals surface area contributed by atoms with Crippen LogP contribution in [-0.2, 0) is 0 Å². The fourth-order valence-electron chi connectivity index (χ4n) is 5.43. The average molecular weight is 1210 g/mol. The van der Waals surface area contributed by atoms with E-state index < -0.39 is 0 Å². The minimum atomic E-state index is 1.08. The van der Waals surface area contributed by atoms with Gasteiger partial charge in [0.05, 0.1) is 38.1 Å². The lowest BCUT2D eigenvalue weighted by atomic mass is 10.4. The summed E-state index contributed by atoms with van der Waals surface area (Å²) in [6, 6.07) is 22.3. The zero-order valence-electron chi connectivity index (χ0n) is 38.1. The molecule has 6 heterocycles. The van der Waals surface area contributed by atoms with Crippen LogP contribution in [0.25, 0.3) is 40.9 Å². The number of rotatable bonds is 24. The van der Waals surface area contributed by atoms with Crippen LogP contribution in [0.4, 0.5) is 0 Å². The highest BCUT2D eigenvalue weighted by Gasteiger charge is 2.26. The van der Waals surface area contributed by atoms with Gasteiger partial charge >= 0.3 is 0 Å². The molecule has 0 bridgehead atoms. The molecule has 354 valence electrons. The molecule has 0 atom stereocenters. The molecule has 4 aromatic rings. The lowest BCUT2D eigenvalue weighted by Gasteiger charge is -2.03. The van der Waals surface area contributed by atoms with E-state index in [1.54, 1.807) is 0 Å². The molecule has 0 N–H and O–H groups in total. The summed E-state index contributed by atoms with van der Waals surface area (Å²) in [6.45, 7) is 13.8. The van der Waals surface area contributed by atoms with Gasteiger partial charge in [0.2, 0.25) is 0 Å². The van der Waals surface area contributed by atoms with Crippen LogP contribution >= 0.6 is 209 Å². The normalized spacial score (nSPS) is 15.3. The molecule has 18 heteroatoms. The molecule has 3 aliphatic rings. The second-order valence-corrected chi connectivity index (χ2v) is 36.6. The Bertz CT molecular complexity index is 2200. The SMILES string of the molecule is CCCCSC1=C(SCCCC)SC(=c2sc3c#cc4sc(=C5SC(SCCCC)=C(SCCCC)S5)sc4c#cc4sc(=C5SC(SCCCC)=C(SCCCC)S5)sc4c#cc3s2)S1. The van der Waals surface area contributed by atoms with E-state index in [0.717, 1.165) is 28.2 Å². The Hall–Kier alpha value is 1.86. The van der Waals surface area contributed by atoms with Crippen LogP contribution < -0.4 is 11.5 Å².